The summed E-state index contributed by atoms with van der Waals surface area (Å²) in [6, 6.07) is 5.83. The summed E-state index contributed by atoms with van der Waals surface area (Å²) in [6.45, 7) is 1.09. The van der Waals surface area contributed by atoms with Gasteiger partial charge in [0.05, 0.1) is 6.20 Å². The van der Waals surface area contributed by atoms with Gasteiger partial charge in [0.15, 0.2) is 0 Å². The third kappa shape index (κ3) is 6.32. The third-order valence-electron chi connectivity index (χ3n) is 6.91. The van der Waals surface area contributed by atoms with Crippen molar-refractivity contribution < 1.29 is 22.8 Å². The van der Waals surface area contributed by atoms with Crippen LogP contribution < -0.4 is 11.1 Å². The van der Waals surface area contributed by atoms with Gasteiger partial charge in [-0.15, -0.1) is 0 Å². The molecule has 2 aromatic rings. The Kier molecular flexibility index (Phi) is 8.11. The van der Waals surface area contributed by atoms with Crippen molar-refractivity contribution in [2.75, 3.05) is 20.6 Å². The minimum Gasteiger partial charge on any atom is -0.366 e. The van der Waals surface area contributed by atoms with Crippen LogP contribution >= 0.6 is 11.6 Å². The van der Waals surface area contributed by atoms with E-state index in [4.69, 9.17) is 17.3 Å². The molecule has 0 spiro atoms. The van der Waals surface area contributed by atoms with Gasteiger partial charge < -0.3 is 16.0 Å². The van der Waals surface area contributed by atoms with Gasteiger partial charge in [-0.1, -0.05) is 17.7 Å². The zero-order valence-corrected chi connectivity index (χ0v) is 20.7. The number of hydrogen-bond donors (Lipinski definition) is 2. The summed E-state index contributed by atoms with van der Waals surface area (Å²) in [6.07, 6.45) is 3.14. The van der Waals surface area contributed by atoms with Gasteiger partial charge >= 0.3 is 0 Å². The largest absolute Gasteiger partial charge is 0.366 e. The molecule has 0 saturated heterocycles. The van der Waals surface area contributed by atoms with E-state index in [-0.39, 0.29) is 31.8 Å². The maximum Gasteiger partial charge on any atom is 0.251 e. The van der Waals surface area contributed by atoms with Crippen molar-refractivity contribution >= 4 is 23.4 Å². The number of benzene rings is 1. The summed E-state index contributed by atoms with van der Waals surface area (Å²) in [7, 11) is 3.70. The SMILES string of the molecule is CN(C)[C@H](CNC(=O)CC(c1cncc(F)c1)C1(C(C)(F)F)CC1)Cc1ccc(C(N)=O)cc1Cl. The maximum absolute atomic E-state index is 14.5. The minimum absolute atomic E-state index is 0.160. The van der Waals surface area contributed by atoms with Gasteiger partial charge in [-0.25, -0.2) is 13.2 Å². The van der Waals surface area contributed by atoms with Crippen LogP contribution in [0.25, 0.3) is 0 Å². The Hall–Kier alpha value is -2.65. The summed E-state index contributed by atoms with van der Waals surface area (Å²) in [5.74, 6) is -5.50. The van der Waals surface area contributed by atoms with Crippen LogP contribution in [0.5, 0.6) is 0 Å². The lowest BCUT2D eigenvalue weighted by Gasteiger charge is -2.32. The average molecular weight is 511 g/mol. The van der Waals surface area contributed by atoms with Crippen LogP contribution in [0.3, 0.4) is 0 Å². The van der Waals surface area contributed by atoms with Crippen molar-refractivity contribution in [3.8, 4) is 0 Å². The highest BCUT2D eigenvalue weighted by Crippen LogP contribution is 2.65. The van der Waals surface area contributed by atoms with E-state index in [0.717, 1.165) is 18.7 Å². The fourth-order valence-corrected chi connectivity index (χ4v) is 4.78. The van der Waals surface area contributed by atoms with Crippen LogP contribution in [-0.4, -0.2) is 54.3 Å². The molecular weight excluding hydrogens is 481 g/mol. The number of nitrogens with one attached hydrogen (secondary N) is 1. The fraction of sp³-hybridized carbons (Fsp3) is 0.480. The number of pyridine rings is 1. The number of hydrogen-bond acceptors (Lipinski definition) is 4. The molecule has 10 heteroatoms. The van der Waals surface area contributed by atoms with Crippen LogP contribution in [0.15, 0.2) is 36.7 Å². The Labute approximate surface area is 208 Å². The minimum atomic E-state index is -3.02. The number of primary amides is 1. The molecule has 1 fully saturated rings. The zero-order chi connectivity index (χ0) is 26.0. The highest BCUT2D eigenvalue weighted by atomic mass is 35.5. The molecular formula is C25H30ClF3N4O2. The molecule has 3 rings (SSSR count). The number of rotatable bonds is 11. The molecule has 1 unspecified atom stereocenters. The van der Waals surface area contributed by atoms with Crippen molar-refractivity contribution in [3.63, 3.8) is 0 Å². The number of carbonyl (C=O) groups is 2. The fourth-order valence-electron chi connectivity index (χ4n) is 4.53. The lowest BCUT2D eigenvalue weighted by Crippen LogP contribution is -2.43. The average Bonchev–Trinajstić information content (AvgIpc) is 3.57. The first-order chi connectivity index (χ1) is 16.3. The van der Waals surface area contributed by atoms with Crippen LogP contribution in [0, 0.1) is 11.2 Å². The van der Waals surface area contributed by atoms with Gasteiger partial charge in [-0.05, 0) is 69.6 Å². The molecule has 1 heterocycles. The number of likely N-dealkylation sites (N-methyl/N-ethyl adjacent to an activating group) is 1. The number of amides is 2. The molecule has 0 aliphatic heterocycles. The number of nitrogens with zero attached hydrogens (tertiary/aromatic N) is 2. The summed E-state index contributed by atoms with van der Waals surface area (Å²) in [4.78, 5) is 30.0. The highest BCUT2D eigenvalue weighted by molar-refractivity contribution is 6.31. The molecule has 6 nitrogen and oxygen atoms in total. The quantitative estimate of drug-likeness (QED) is 0.475. The number of nitrogens with two attached hydrogens (primary N) is 1. The van der Waals surface area contributed by atoms with E-state index < -0.39 is 34.9 Å². The van der Waals surface area contributed by atoms with Crippen molar-refractivity contribution in [2.24, 2.45) is 11.1 Å². The summed E-state index contributed by atoms with van der Waals surface area (Å²) in [5.41, 5.74) is 5.27. The van der Waals surface area contributed by atoms with E-state index in [2.05, 4.69) is 10.3 Å². The van der Waals surface area contributed by atoms with Gasteiger partial charge in [0.25, 0.3) is 5.92 Å². The van der Waals surface area contributed by atoms with Crippen molar-refractivity contribution in [3.05, 3.63) is 64.2 Å². The first kappa shape index (κ1) is 26.9. The standard InChI is InChI=1S/C25H30ClF3N4O2/c1-24(28,29)25(6-7-25)20(17-8-18(27)13-31-12-17)11-22(34)32-14-19(33(2)3)9-15-4-5-16(23(30)35)10-21(15)26/h4-5,8,10,12-13,19-20H,6-7,9,11,14H2,1-3H3,(H2,30,35)(H,32,34)/t19-,20?/m0/s1. The van der Waals surface area contributed by atoms with Crippen LogP contribution in [0.4, 0.5) is 13.2 Å². The molecule has 0 bridgehead atoms. The van der Waals surface area contributed by atoms with E-state index in [0.29, 0.717) is 22.6 Å². The molecule has 2 atom stereocenters. The Morgan fingerprint density at radius 3 is 2.46 bits per heavy atom. The molecule has 3 N–H and O–H groups in total. The normalized spacial score (nSPS) is 16.6. The first-order valence-electron chi connectivity index (χ1n) is 11.3. The molecule has 0 radical (unpaired) electrons. The lowest BCUT2D eigenvalue weighted by molar-refractivity contribution is -0.123. The second-order valence-corrected chi connectivity index (χ2v) is 9.94. The molecule has 1 aliphatic carbocycles. The van der Waals surface area contributed by atoms with Gasteiger partial charge in [0, 0.05) is 47.1 Å². The molecule has 1 aliphatic rings. The Bertz CT molecular complexity index is 1090. The molecule has 35 heavy (non-hydrogen) atoms. The van der Waals surface area contributed by atoms with E-state index in [1.165, 1.54) is 18.3 Å². The molecule has 1 aromatic carbocycles. The number of carbonyl (C=O) groups excluding carboxylic acids is 2. The third-order valence-corrected chi connectivity index (χ3v) is 7.26. The van der Waals surface area contributed by atoms with Crippen molar-refractivity contribution in [1.29, 1.82) is 0 Å². The Morgan fingerprint density at radius 2 is 1.94 bits per heavy atom. The number of alkyl halides is 2. The van der Waals surface area contributed by atoms with Gasteiger partial charge in [-0.3, -0.25) is 14.6 Å². The monoisotopic (exact) mass is 510 g/mol. The van der Waals surface area contributed by atoms with E-state index in [9.17, 15) is 22.8 Å². The van der Waals surface area contributed by atoms with Gasteiger partial charge in [0.1, 0.15) is 5.82 Å². The van der Waals surface area contributed by atoms with Gasteiger partial charge in [0.2, 0.25) is 11.8 Å². The Morgan fingerprint density at radius 1 is 1.26 bits per heavy atom. The molecule has 1 saturated carbocycles. The predicted octanol–water partition coefficient (Wildman–Crippen LogP) is 4.17. The smallest absolute Gasteiger partial charge is 0.251 e. The molecule has 2 amide bonds. The van der Waals surface area contributed by atoms with Crippen molar-refractivity contribution in [2.45, 2.75) is 50.5 Å². The van der Waals surface area contributed by atoms with E-state index in [1.807, 2.05) is 19.0 Å². The number of aromatic nitrogens is 1. The Balaban J connectivity index is 1.71. The number of halogens is 4. The lowest BCUT2D eigenvalue weighted by atomic mass is 9.77. The topological polar surface area (TPSA) is 88.3 Å². The second kappa shape index (κ2) is 10.5. The van der Waals surface area contributed by atoms with Crippen molar-refractivity contribution in [1.82, 2.24) is 15.2 Å². The van der Waals surface area contributed by atoms with E-state index in [1.54, 1.807) is 12.1 Å². The first-order valence-corrected chi connectivity index (χ1v) is 11.7. The van der Waals surface area contributed by atoms with E-state index >= 15 is 0 Å². The summed E-state index contributed by atoms with van der Waals surface area (Å²) < 4.78 is 42.9. The van der Waals surface area contributed by atoms with Crippen LogP contribution in [0.2, 0.25) is 5.02 Å². The predicted molar refractivity (Wildman–Crippen MR) is 128 cm³/mol. The van der Waals surface area contributed by atoms with Gasteiger partial charge in [-0.2, -0.15) is 0 Å². The zero-order valence-electron chi connectivity index (χ0n) is 20.0. The maximum atomic E-state index is 14.5. The summed E-state index contributed by atoms with van der Waals surface area (Å²) in [5, 5.41) is 3.23. The van der Waals surface area contributed by atoms with Crippen LogP contribution in [-0.2, 0) is 11.2 Å². The van der Waals surface area contributed by atoms with Crippen LogP contribution in [0.1, 0.15) is 53.6 Å². The highest BCUT2D eigenvalue weighted by Gasteiger charge is 2.63. The summed E-state index contributed by atoms with van der Waals surface area (Å²) >= 11 is 6.31. The molecule has 190 valence electrons. The second-order valence-electron chi connectivity index (χ2n) is 9.53. The molecule has 1 aromatic heterocycles.